The largest absolute Gasteiger partial charge is 0.495 e. The van der Waals surface area contributed by atoms with Crippen LogP contribution < -0.4 is 9.46 Å². The normalized spacial score (nSPS) is 13.0. The molecular formula is C20H27NO3S. The van der Waals surface area contributed by atoms with Crippen molar-refractivity contribution in [3.8, 4) is 5.75 Å². The summed E-state index contributed by atoms with van der Waals surface area (Å²) in [6.07, 6.45) is 1.56. The lowest BCUT2D eigenvalue weighted by atomic mass is 10.0. The maximum Gasteiger partial charge on any atom is 0.244 e. The monoisotopic (exact) mass is 361 g/mol. The van der Waals surface area contributed by atoms with Crippen LogP contribution in [-0.2, 0) is 16.4 Å². The Kier molecular flexibility index (Phi) is 6.62. The predicted octanol–water partition coefficient (Wildman–Crippen LogP) is 4.12. The van der Waals surface area contributed by atoms with Crippen molar-refractivity contribution in [3.05, 3.63) is 59.7 Å². The fourth-order valence-corrected chi connectivity index (χ4v) is 4.16. The van der Waals surface area contributed by atoms with Gasteiger partial charge in [-0.25, -0.2) is 13.1 Å². The van der Waals surface area contributed by atoms with Crippen LogP contribution in [0.25, 0.3) is 0 Å². The van der Waals surface area contributed by atoms with Crippen LogP contribution in [0.15, 0.2) is 53.4 Å². The summed E-state index contributed by atoms with van der Waals surface area (Å²) in [6.45, 7) is 5.96. The lowest BCUT2D eigenvalue weighted by molar-refractivity contribution is 0.401. The maximum absolute atomic E-state index is 12.8. The van der Waals surface area contributed by atoms with Crippen molar-refractivity contribution < 1.29 is 13.2 Å². The highest BCUT2D eigenvalue weighted by molar-refractivity contribution is 7.89. The zero-order valence-electron chi connectivity index (χ0n) is 15.3. The van der Waals surface area contributed by atoms with Gasteiger partial charge in [-0.15, -0.1) is 0 Å². The van der Waals surface area contributed by atoms with Gasteiger partial charge in [0.25, 0.3) is 0 Å². The van der Waals surface area contributed by atoms with Crippen LogP contribution in [0.2, 0.25) is 0 Å². The van der Waals surface area contributed by atoms with Crippen LogP contribution in [-0.4, -0.2) is 21.6 Å². The number of sulfonamides is 1. The lowest BCUT2D eigenvalue weighted by Gasteiger charge is -2.17. The molecule has 0 saturated heterocycles. The Morgan fingerprint density at radius 3 is 2.32 bits per heavy atom. The third-order valence-corrected chi connectivity index (χ3v) is 5.82. The van der Waals surface area contributed by atoms with E-state index < -0.39 is 10.0 Å². The van der Waals surface area contributed by atoms with Gasteiger partial charge >= 0.3 is 0 Å². The van der Waals surface area contributed by atoms with Gasteiger partial charge in [0.2, 0.25) is 10.0 Å². The zero-order chi connectivity index (χ0) is 18.4. The molecule has 2 aromatic rings. The number of benzene rings is 2. The highest BCUT2D eigenvalue weighted by Gasteiger charge is 2.22. The van der Waals surface area contributed by atoms with Crippen molar-refractivity contribution in [2.24, 2.45) is 0 Å². The average Bonchev–Trinajstić information content (AvgIpc) is 2.60. The van der Waals surface area contributed by atoms with E-state index in [1.54, 1.807) is 12.1 Å². The molecule has 0 heterocycles. The molecular weight excluding hydrogens is 334 g/mol. The molecule has 2 aromatic carbocycles. The first-order valence-electron chi connectivity index (χ1n) is 8.57. The summed E-state index contributed by atoms with van der Waals surface area (Å²) in [5.74, 6) is 0.613. The van der Waals surface area contributed by atoms with E-state index >= 15 is 0 Å². The summed E-state index contributed by atoms with van der Waals surface area (Å²) in [7, 11) is -2.15. The summed E-state index contributed by atoms with van der Waals surface area (Å²) in [5, 5.41) is 0. The minimum absolute atomic E-state index is 0.169. The molecule has 0 bridgehead atoms. The van der Waals surface area contributed by atoms with Crippen LogP contribution in [0, 0.1) is 0 Å². The van der Waals surface area contributed by atoms with Crippen LogP contribution in [0.3, 0.4) is 0 Å². The molecule has 1 atom stereocenters. The second-order valence-electron chi connectivity index (χ2n) is 6.61. The minimum Gasteiger partial charge on any atom is -0.495 e. The first kappa shape index (κ1) is 19.5. The number of nitrogens with one attached hydrogen (secondary N) is 1. The van der Waals surface area contributed by atoms with Crippen molar-refractivity contribution in [1.82, 2.24) is 4.72 Å². The van der Waals surface area contributed by atoms with Crippen molar-refractivity contribution in [2.45, 2.75) is 50.5 Å². The van der Waals surface area contributed by atoms with Gasteiger partial charge < -0.3 is 4.74 Å². The van der Waals surface area contributed by atoms with E-state index in [1.807, 2.05) is 45.0 Å². The summed E-state index contributed by atoms with van der Waals surface area (Å²) in [4.78, 5) is 0.202. The number of ether oxygens (including phenoxy) is 1. The SMILES string of the molecule is COc1ccc(C(C)C)cc1S(=O)(=O)N[C@@H](C)CCc1ccccc1. The second-order valence-corrected chi connectivity index (χ2v) is 8.29. The van der Waals surface area contributed by atoms with Gasteiger partial charge in [0.1, 0.15) is 10.6 Å². The molecule has 0 radical (unpaired) electrons. The average molecular weight is 362 g/mol. The molecule has 0 amide bonds. The molecule has 136 valence electrons. The van der Waals surface area contributed by atoms with E-state index in [1.165, 1.54) is 12.7 Å². The minimum atomic E-state index is -3.64. The first-order chi connectivity index (χ1) is 11.8. The third-order valence-electron chi connectivity index (χ3n) is 4.21. The second kappa shape index (κ2) is 8.50. The Morgan fingerprint density at radius 2 is 1.72 bits per heavy atom. The van der Waals surface area contributed by atoms with Gasteiger partial charge in [-0.3, -0.25) is 0 Å². The van der Waals surface area contributed by atoms with Crippen molar-refractivity contribution in [1.29, 1.82) is 0 Å². The van der Waals surface area contributed by atoms with E-state index in [4.69, 9.17) is 4.74 Å². The maximum atomic E-state index is 12.8. The van der Waals surface area contributed by atoms with E-state index in [9.17, 15) is 8.42 Å². The third kappa shape index (κ3) is 5.31. The quantitative estimate of drug-likeness (QED) is 0.769. The zero-order valence-corrected chi connectivity index (χ0v) is 16.1. The van der Waals surface area contributed by atoms with E-state index in [2.05, 4.69) is 16.9 Å². The number of hydrogen-bond donors (Lipinski definition) is 1. The van der Waals surface area contributed by atoms with Gasteiger partial charge in [0.15, 0.2) is 0 Å². The topological polar surface area (TPSA) is 55.4 Å². The van der Waals surface area contributed by atoms with Crippen LogP contribution in [0.5, 0.6) is 5.75 Å². The van der Waals surface area contributed by atoms with Crippen molar-refractivity contribution >= 4 is 10.0 Å². The van der Waals surface area contributed by atoms with E-state index in [0.29, 0.717) is 5.75 Å². The smallest absolute Gasteiger partial charge is 0.244 e. The van der Waals surface area contributed by atoms with Crippen LogP contribution in [0.1, 0.15) is 44.2 Å². The molecule has 0 aliphatic carbocycles. The number of hydrogen-bond acceptors (Lipinski definition) is 3. The molecule has 5 heteroatoms. The highest BCUT2D eigenvalue weighted by Crippen LogP contribution is 2.28. The van der Waals surface area contributed by atoms with Crippen LogP contribution >= 0.6 is 0 Å². The Bertz CT molecular complexity index is 786. The van der Waals surface area contributed by atoms with Gasteiger partial charge in [-0.1, -0.05) is 50.2 Å². The summed E-state index contributed by atoms with van der Waals surface area (Å²) >= 11 is 0. The molecule has 2 rings (SSSR count). The molecule has 0 aliphatic rings. The Hall–Kier alpha value is -1.85. The van der Waals surface area contributed by atoms with Gasteiger partial charge in [-0.05, 0) is 48.9 Å². The molecule has 1 N–H and O–H groups in total. The highest BCUT2D eigenvalue weighted by atomic mass is 32.2. The number of aryl methyl sites for hydroxylation is 1. The Morgan fingerprint density at radius 1 is 1.04 bits per heavy atom. The van der Waals surface area contributed by atoms with E-state index in [-0.39, 0.29) is 16.9 Å². The number of rotatable bonds is 8. The Balaban J connectivity index is 2.13. The first-order valence-corrected chi connectivity index (χ1v) is 10.1. The molecule has 0 aromatic heterocycles. The fraction of sp³-hybridized carbons (Fsp3) is 0.400. The van der Waals surface area contributed by atoms with Crippen LogP contribution in [0.4, 0.5) is 0 Å². The fourth-order valence-electron chi connectivity index (χ4n) is 2.68. The molecule has 0 aliphatic heterocycles. The predicted molar refractivity (Wildman–Crippen MR) is 102 cm³/mol. The van der Waals surface area contributed by atoms with E-state index in [0.717, 1.165) is 18.4 Å². The van der Waals surface area contributed by atoms with Crippen molar-refractivity contribution in [2.75, 3.05) is 7.11 Å². The van der Waals surface area contributed by atoms with Crippen molar-refractivity contribution in [3.63, 3.8) is 0 Å². The molecule has 0 saturated carbocycles. The molecule has 0 spiro atoms. The number of methoxy groups -OCH3 is 1. The standard InChI is InChI=1S/C20H27NO3S/c1-15(2)18-12-13-19(24-4)20(14-18)25(22,23)21-16(3)10-11-17-8-6-5-7-9-17/h5-9,12-16,21H,10-11H2,1-4H3/t16-/m0/s1. The molecule has 25 heavy (non-hydrogen) atoms. The molecule has 0 unspecified atom stereocenters. The lowest BCUT2D eigenvalue weighted by Crippen LogP contribution is -2.33. The summed E-state index contributed by atoms with van der Waals surface area (Å²) < 4.78 is 33.7. The van der Waals surface area contributed by atoms with Gasteiger partial charge in [0, 0.05) is 6.04 Å². The van der Waals surface area contributed by atoms with Gasteiger partial charge in [0.05, 0.1) is 7.11 Å². The molecule has 4 nitrogen and oxygen atoms in total. The Labute approximate surface area is 151 Å². The van der Waals surface area contributed by atoms with Gasteiger partial charge in [-0.2, -0.15) is 0 Å². The molecule has 0 fully saturated rings. The summed E-state index contributed by atoms with van der Waals surface area (Å²) in [6, 6.07) is 15.2. The summed E-state index contributed by atoms with van der Waals surface area (Å²) in [5.41, 5.74) is 2.17.